The van der Waals surface area contributed by atoms with Gasteiger partial charge in [-0.2, -0.15) is 0 Å². The Labute approximate surface area is 126 Å². The minimum absolute atomic E-state index is 0.490. The van der Waals surface area contributed by atoms with Gasteiger partial charge in [0.25, 0.3) is 0 Å². The number of rotatable bonds is 3. The van der Waals surface area contributed by atoms with E-state index in [2.05, 4.69) is 52.9 Å². The molecule has 1 fully saturated rings. The molecule has 0 spiro atoms. The molecule has 2 aromatic rings. The normalized spacial score (nSPS) is 16.9. The van der Waals surface area contributed by atoms with Crippen LogP contribution in [0.2, 0.25) is 0 Å². The van der Waals surface area contributed by atoms with E-state index >= 15 is 0 Å². The van der Waals surface area contributed by atoms with Crippen LogP contribution in [0.1, 0.15) is 19.5 Å². The molecule has 0 aliphatic carbocycles. The first-order valence-electron chi connectivity index (χ1n) is 7.77. The smallest absolute Gasteiger partial charge is 0.0726 e. The van der Waals surface area contributed by atoms with Crippen LogP contribution >= 0.6 is 0 Å². The Kier molecular flexibility index (Phi) is 4.08. The second kappa shape index (κ2) is 6.00. The lowest BCUT2D eigenvalue weighted by Crippen LogP contribution is -2.49. The molecule has 1 aromatic heterocycles. The van der Waals surface area contributed by atoms with E-state index < -0.39 is 0 Å². The van der Waals surface area contributed by atoms with Crippen molar-refractivity contribution in [2.24, 2.45) is 5.73 Å². The van der Waals surface area contributed by atoms with Crippen molar-refractivity contribution in [3.63, 3.8) is 0 Å². The average molecular weight is 284 g/mol. The van der Waals surface area contributed by atoms with Gasteiger partial charge < -0.3 is 10.6 Å². The highest BCUT2D eigenvalue weighted by molar-refractivity contribution is 5.92. The number of nitrogens with two attached hydrogens (primary N) is 1. The lowest BCUT2D eigenvalue weighted by atomic mass is 10.1. The van der Waals surface area contributed by atoms with Gasteiger partial charge in [-0.15, -0.1) is 0 Å². The number of fused-ring (bicyclic) bond motifs is 1. The maximum Gasteiger partial charge on any atom is 0.0726 e. The Bertz CT molecular complexity index is 615. The van der Waals surface area contributed by atoms with Crippen LogP contribution in [0.25, 0.3) is 10.9 Å². The number of pyridine rings is 1. The molecule has 1 aliphatic heterocycles. The topological polar surface area (TPSA) is 45.4 Å². The first kappa shape index (κ1) is 14.3. The molecule has 1 aliphatic rings. The van der Waals surface area contributed by atoms with Crippen molar-refractivity contribution in [2.75, 3.05) is 31.1 Å². The summed E-state index contributed by atoms with van der Waals surface area (Å²) in [6.45, 7) is 9.39. The summed E-state index contributed by atoms with van der Waals surface area (Å²) < 4.78 is 0. The lowest BCUT2D eigenvalue weighted by Gasteiger charge is -2.38. The molecule has 4 nitrogen and oxygen atoms in total. The van der Waals surface area contributed by atoms with Gasteiger partial charge in [0.05, 0.1) is 11.2 Å². The highest BCUT2D eigenvalue weighted by Crippen LogP contribution is 2.27. The van der Waals surface area contributed by atoms with Crippen LogP contribution in [0.15, 0.2) is 30.3 Å². The number of hydrogen-bond donors (Lipinski definition) is 1. The third-order valence-electron chi connectivity index (χ3n) is 4.34. The summed E-state index contributed by atoms with van der Waals surface area (Å²) in [5, 5.41) is 1.23. The Morgan fingerprint density at radius 1 is 1.14 bits per heavy atom. The van der Waals surface area contributed by atoms with Crippen molar-refractivity contribution in [2.45, 2.75) is 26.4 Å². The third kappa shape index (κ3) is 2.87. The van der Waals surface area contributed by atoms with E-state index in [1.165, 1.54) is 11.1 Å². The van der Waals surface area contributed by atoms with Crippen molar-refractivity contribution in [1.82, 2.24) is 9.88 Å². The van der Waals surface area contributed by atoms with E-state index in [4.69, 9.17) is 5.73 Å². The highest BCUT2D eigenvalue weighted by Gasteiger charge is 2.20. The summed E-state index contributed by atoms with van der Waals surface area (Å²) in [6, 6.07) is 11.1. The van der Waals surface area contributed by atoms with Gasteiger partial charge in [-0.05, 0) is 26.0 Å². The molecule has 0 radical (unpaired) electrons. The molecule has 0 atom stereocenters. The van der Waals surface area contributed by atoms with E-state index in [0.29, 0.717) is 12.6 Å². The quantitative estimate of drug-likeness (QED) is 0.939. The zero-order valence-corrected chi connectivity index (χ0v) is 12.9. The minimum Gasteiger partial charge on any atom is -0.368 e. The van der Waals surface area contributed by atoms with Crippen LogP contribution in [0.4, 0.5) is 5.69 Å². The van der Waals surface area contributed by atoms with Gasteiger partial charge in [-0.25, -0.2) is 0 Å². The maximum absolute atomic E-state index is 5.81. The van der Waals surface area contributed by atoms with E-state index in [1.807, 2.05) is 6.07 Å². The summed E-state index contributed by atoms with van der Waals surface area (Å²) in [7, 11) is 0. The van der Waals surface area contributed by atoms with E-state index in [9.17, 15) is 0 Å². The zero-order chi connectivity index (χ0) is 14.8. The second-order valence-corrected chi connectivity index (χ2v) is 5.97. The maximum atomic E-state index is 5.81. The number of anilines is 1. The zero-order valence-electron chi connectivity index (χ0n) is 12.9. The molecule has 112 valence electrons. The van der Waals surface area contributed by atoms with E-state index in [0.717, 1.165) is 37.4 Å². The number of benzene rings is 1. The predicted molar refractivity (Wildman–Crippen MR) is 88.6 cm³/mol. The minimum atomic E-state index is 0.490. The number of para-hydroxylation sites is 1. The van der Waals surface area contributed by atoms with Crippen LogP contribution in [0, 0.1) is 0 Å². The third-order valence-corrected chi connectivity index (χ3v) is 4.34. The van der Waals surface area contributed by atoms with Gasteiger partial charge >= 0.3 is 0 Å². The van der Waals surface area contributed by atoms with Gasteiger partial charge in [-0.1, -0.05) is 18.2 Å². The van der Waals surface area contributed by atoms with Crippen molar-refractivity contribution in [3.05, 3.63) is 36.0 Å². The molecule has 4 heteroatoms. The number of aromatic nitrogens is 1. The van der Waals surface area contributed by atoms with Crippen LogP contribution in [0.3, 0.4) is 0 Å². The van der Waals surface area contributed by atoms with Gasteiger partial charge in [0.15, 0.2) is 0 Å². The molecule has 1 aromatic carbocycles. The molecule has 0 unspecified atom stereocenters. The molecule has 0 amide bonds. The predicted octanol–water partition coefficient (Wildman–Crippen LogP) is 2.22. The molecule has 2 heterocycles. The number of piperazine rings is 1. The summed E-state index contributed by atoms with van der Waals surface area (Å²) in [5.74, 6) is 0. The SMILES string of the molecule is CC(C)N1CCN(c2cc(CN)nc3ccccc23)CC1. The van der Waals surface area contributed by atoms with Crippen LogP contribution in [0.5, 0.6) is 0 Å². The summed E-state index contributed by atoms with van der Waals surface area (Å²) >= 11 is 0. The second-order valence-electron chi connectivity index (χ2n) is 5.97. The van der Waals surface area contributed by atoms with E-state index in [1.54, 1.807) is 0 Å². The monoisotopic (exact) mass is 284 g/mol. The first-order chi connectivity index (χ1) is 10.2. The molecule has 3 rings (SSSR count). The molecule has 21 heavy (non-hydrogen) atoms. The van der Waals surface area contributed by atoms with Gasteiger partial charge in [-0.3, -0.25) is 9.88 Å². The fraction of sp³-hybridized carbons (Fsp3) is 0.471. The molecule has 0 saturated carbocycles. The molecule has 2 N–H and O–H groups in total. The number of nitrogens with zero attached hydrogens (tertiary/aromatic N) is 3. The van der Waals surface area contributed by atoms with Gasteiger partial charge in [0.2, 0.25) is 0 Å². The standard InChI is InChI=1S/C17H24N4/c1-13(2)20-7-9-21(10-8-20)17-11-14(12-18)19-16-6-4-3-5-15(16)17/h3-6,11,13H,7-10,12,18H2,1-2H3. The molecular formula is C17H24N4. The largest absolute Gasteiger partial charge is 0.368 e. The summed E-state index contributed by atoms with van der Waals surface area (Å²) in [5.41, 5.74) is 9.10. The fourth-order valence-corrected chi connectivity index (χ4v) is 3.06. The van der Waals surface area contributed by atoms with E-state index in [-0.39, 0.29) is 0 Å². The van der Waals surface area contributed by atoms with Crippen LogP contribution < -0.4 is 10.6 Å². The fourth-order valence-electron chi connectivity index (χ4n) is 3.06. The first-order valence-corrected chi connectivity index (χ1v) is 7.77. The highest BCUT2D eigenvalue weighted by atomic mass is 15.3. The summed E-state index contributed by atoms with van der Waals surface area (Å²) in [6.07, 6.45) is 0. The van der Waals surface area contributed by atoms with Crippen molar-refractivity contribution in [1.29, 1.82) is 0 Å². The van der Waals surface area contributed by atoms with Crippen molar-refractivity contribution < 1.29 is 0 Å². The number of hydrogen-bond acceptors (Lipinski definition) is 4. The molecule has 0 bridgehead atoms. The van der Waals surface area contributed by atoms with Crippen LogP contribution in [-0.2, 0) is 6.54 Å². The Balaban J connectivity index is 1.93. The van der Waals surface area contributed by atoms with Crippen LogP contribution in [-0.4, -0.2) is 42.1 Å². The van der Waals surface area contributed by atoms with Crippen molar-refractivity contribution in [3.8, 4) is 0 Å². The summed E-state index contributed by atoms with van der Waals surface area (Å²) in [4.78, 5) is 9.64. The molecular weight excluding hydrogens is 260 g/mol. The Morgan fingerprint density at radius 3 is 2.52 bits per heavy atom. The molecule has 1 saturated heterocycles. The van der Waals surface area contributed by atoms with Gasteiger partial charge in [0, 0.05) is 49.8 Å². The average Bonchev–Trinajstić information content (AvgIpc) is 2.53. The van der Waals surface area contributed by atoms with Gasteiger partial charge in [0.1, 0.15) is 0 Å². The lowest BCUT2D eigenvalue weighted by molar-refractivity contribution is 0.209. The van der Waals surface area contributed by atoms with Crippen molar-refractivity contribution >= 4 is 16.6 Å². The Hall–Kier alpha value is -1.65. The Morgan fingerprint density at radius 2 is 1.86 bits per heavy atom.